The molecule has 138 valence electrons. The number of nitrogens with zero attached hydrogens (tertiary/aromatic N) is 2. The number of benzene rings is 1. The molecular weight excluding hydrogens is 436 g/mol. The quantitative estimate of drug-likeness (QED) is 0.353. The normalized spacial score (nSPS) is 12.0. The predicted molar refractivity (Wildman–Crippen MR) is 101 cm³/mol. The Balaban J connectivity index is 0.00000529. The molecule has 0 bridgehead atoms. The van der Waals surface area contributed by atoms with Gasteiger partial charge < -0.3 is 20.7 Å². The number of nitrogens with one attached hydrogen (secondary N) is 1. The lowest BCUT2D eigenvalue weighted by Crippen LogP contribution is -2.26. The Morgan fingerprint density at radius 2 is 1.88 bits per heavy atom. The largest absolute Gasteiger partial charge is 0.573 e. The molecular formula is C15H24F3IN4O. The molecule has 0 atom stereocenters. The fourth-order valence-electron chi connectivity index (χ4n) is 1.81. The van der Waals surface area contributed by atoms with Crippen LogP contribution in [0.2, 0.25) is 0 Å². The number of halogens is 4. The van der Waals surface area contributed by atoms with E-state index < -0.39 is 6.36 Å². The standard InChI is InChI=1S/C15H23F3N4O.HI/c1-3-4-10-22(2)11-9-20-14(19)21-12-5-7-13(8-6-12)23-15(16,17)18;/h5-8H,3-4,9-11H2,1-2H3,(H3,19,20,21);1H. The van der Waals surface area contributed by atoms with Crippen molar-refractivity contribution in [3.63, 3.8) is 0 Å². The number of hydrogen-bond acceptors (Lipinski definition) is 3. The van der Waals surface area contributed by atoms with Crippen molar-refractivity contribution < 1.29 is 17.9 Å². The molecule has 0 spiro atoms. The minimum absolute atomic E-state index is 0. The third kappa shape index (κ3) is 10.5. The first-order valence-electron chi connectivity index (χ1n) is 7.41. The van der Waals surface area contributed by atoms with Crippen LogP contribution in [0.1, 0.15) is 19.8 Å². The zero-order chi connectivity index (χ0) is 17.3. The summed E-state index contributed by atoms with van der Waals surface area (Å²) < 4.78 is 39.9. The van der Waals surface area contributed by atoms with Gasteiger partial charge in [0.05, 0.1) is 6.54 Å². The van der Waals surface area contributed by atoms with Crippen molar-refractivity contribution in [3.05, 3.63) is 24.3 Å². The van der Waals surface area contributed by atoms with Gasteiger partial charge in [0.2, 0.25) is 0 Å². The highest BCUT2D eigenvalue weighted by Gasteiger charge is 2.30. The second kappa shape index (κ2) is 11.3. The number of nitrogens with two attached hydrogens (primary N) is 1. The maximum atomic E-state index is 12.1. The van der Waals surface area contributed by atoms with E-state index in [1.54, 1.807) is 0 Å². The number of ether oxygens (including phenoxy) is 1. The predicted octanol–water partition coefficient (Wildman–Crippen LogP) is 3.66. The molecule has 0 aliphatic rings. The Kier molecular flexibility index (Phi) is 10.8. The zero-order valence-electron chi connectivity index (χ0n) is 13.8. The summed E-state index contributed by atoms with van der Waals surface area (Å²) in [6.45, 7) is 4.49. The lowest BCUT2D eigenvalue weighted by atomic mass is 10.3. The van der Waals surface area contributed by atoms with Gasteiger partial charge in [-0.25, -0.2) is 0 Å². The van der Waals surface area contributed by atoms with Crippen LogP contribution >= 0.6 is 24.0 Å². The maximum absolute atomic E-state index is 12.1. The van der Waals surface area contributed by atoms with Gasteiger partial charge in [-0.3, -0.25) is 4.99 Å². The molecule has 3 N–H and O–H groups in total. The van der Waals surface area contributed by atoms with Crippen LogP contribution in [0.3, 0.4) is 0 Å². The fourth-order valence-corrected chi connectivity index (χ4v) is 1.81. The second-order valence-corrected chi connectivity index (χ2v) is 5.12. The van der Waals surface area contributed by atoms with Crippen LogP contribution in [0, 0.1) is 0 Å². The van der Waals surface area contributed by atoms with Crippen molar-refractivity contribution in [2.24, 2.45) is 10.7 Å². The Bertz CT molecular complexity index is 494. The van der Waals surface area contributed by atoms with Crippen LogP contribution in [0.25, 0.3) is 0 Å². The third-order valence-electron chi connectivity index (χ3n) is 3.02. The van der Waals surface area contributed by atoms with E-state index >= 15 is 0 Å². The summed E-state index contributed by atoms with van der Waals surface area (Å²) in [5.74, 6) is -0.0607. The number of alkyl halides is 3. The molecule has 0 aliphatic carbocycles. The summed E-state index contributed by atoms with van der Waals surface area (Å²) in [6, 6.07) is 5.30. The van der Waals surface area contributed by atoms with Crippen LogP contribution in [0.5, 0.6) is 5.75 Å². The van der Waals surface area contributed by atoms with Gasteiger partial charge in [-0.15, -0.1) is 37.1 Å². The lowest BCUT2D eigenvalue weighted by Gasteiger charge is -2.14. The van der Waals surface area contributed by atoms with E-state index in [4.69, 9.17) is 5.73 Å². The van der Waals surface area contributed by atoms with Crippen molar-refractivity contribution in [1.29, 1.82) is 0 Å². The number of hydrogen-bond donors (Lipinski definition) is 2. The summed E-state index contributed by atoms with van der Waals surface area (Å²) in [6.07, 6.45) is -2.41. The molecule has 24 heavy (non-hydrogen) atoms. The minimum atomic E-state index is -4.70. The Morgan fingerprint density at radius 1 is 1.25 bits per heavy atom. The number of likely N-dealkylation sites (N-methyl/N-ethyl adjacent to an activating group) is 1. The summed E-state index contributed by atoms with van der Waals surface area (Å²) >= 11 is 0. The molecule has 0 aliphatic heterocycles. The van der Waals surface area contributed by atoms with Crippen molar-refractivity contribution in [2.75, 3.05) is 32.0 Å². The van der Waals surface area contributed by atoms with Gasteiger partial charge in [-0.2, -0.15) is 0 Å². The van der Waals surface area contributed by atoms with E-state index in [2.05, 4.69) is 26.9 Å². The van der Waals surface area contributed by atoms with Gasteiger partial charge in [-0.1, -0.05) is 13.3 Å². The molecule has 0 saturated carbocycles. The topological polar surface area (TPSA) is 62.9 Å². The number of unbranched alkanes of at least 4 members (excludes halogenated alkanes) is 1. The molecule has 0 unspecified atom stereocenters. The number of rotatable bonds is 8. The van der Waals surface area contributed by atoms with E-state index in [1.165, 1.54) is 24.3 Å². The van der Waals surface area contributed by atoms with Crippen molar-refractivity contribution in [2.45, 2.75) is 26.1 Å². The lowest BCUT2D eigenvalue weighted by molar-refractivity contribution is -0.274. The van der Waals surface area contributed by atoms with E-state index in [9.17, 15) is 13.2 Å². The molecule has 1 rings (SSSR count). The van der Waals surface area contributed by atoms with Gasteiger partial charge in [0.1, 0.15) is 5.75 Å². The smallest absolute Gasteiger partial charge is 0.406 e. The van der Waals surface area contributed by atoms with E-state index in [0.29, 0.717) is 12.2 Å². The fraction of sp³-hybridized carbons (Fsp3) is 0.533. The van der Waals surface area contributed by atoms with Crippen LogP contribution < -0.4 is 15.8 Å². The van der Waals surface area contributed by atoms with Crippen LogP contribution in [0.4, 0.5) is 18.9 Å². The van der Waals surface area contributed by atoms with Crippen LogP contribution in [-0.2, 0) is 0 Å². The summed E-state index contributed by atoms with van der Waals surface area (Å²) in [7, 11) is 2.02. The average Bonchev–Trinajstić information content (AvgIpc) is 2.45. The molecule has 1 aromatic rings. The molecule has 0 saturated heterocycles. The molecule has 9 heteroatoms. The molecule has 1 aromatic carbocycles. The van der Waals surface area contributed by atoms with Gasteiger partial charge in [0.25, 0.3) is 0 Å². The number of guanidine groups is 1. The number of aliphatic imine (C=N–C) groups is 1. The van der Waals surface area contributed by atoms with Gasteiger partial charge >= 0.3 is 6.36 Å². The second-order valence-electron chi connectivity index (χ2n) is 5.12. The summed E-state index contributed by atoms with van der Waals surface area (Å²) in [4.78, 5) is 6.35. The summed E-state index contributed by atoms with van der Waals surface area (Å²) in [5.41, 5.74) is 6.28. The van der Waals surface area contributed by atoms with Gasteiger partial charge in [0, 0.05) is 12.2 Å². The zero-order valence-corrected chi connectivity index (χ0v) is 16.1. The van der Waals surface area contributed by atoms with Crippen molar-refractivity contribution in [1.82, 2.24) is 4.90 Å². The first-order chi connectivity index (χ1) is 10.8. The van der Waals surface area contributed by atoms with E-state index in [-0.39, 0.29) is 35.7 Å². The molecule has 5 nitrogen and oxygen atoms in total. The maximum Gasteiger partial charge on any atom is 0.573 e. The van der Waals surface area contributed by atoms with E-state index in [1.807, 2.05) is 7.05 Å². The van der Waals surface area contributed by atoms with Crippen molar-refractivity contribution >= 4 is 35.6 Å². The Labute approximate surface area is 157 Å². The van der Waals surface area contributed by atoms with E-state index in [0.717, 1.165) is 25.9 Å². The molecule has 0 fully saturated rings. The SMILES string of the molecule is CCCCN(C)CCN=C(N)Nc1ccc(OC(F)(F)F)cc1.I. The monoisotopic (exact) mass is 460 g/mol. The van der Waals surface area contributed by atoms with Crippen LogP contribution in [0.15, 0.2) is 29.3 Å². The molecule has 0 heterocycles. The highest BCUT2D eigenvalue weighted by Crippen LogP contribution is 2.23. The highest BCUT2D eigenvalue weighted by atomic mass is 127. The van der Waals surface area contributed by atoms with Gasteiger partial charge in [-0.05, 0) is 44.3 Å². The molecule has 0 radical (unpaired) electrons. The first-order valence-corrected chi connectivity index (χ1v) is 7.41. The minimum Gasteiger partial charge on any atom is -0.406 e. The first kappa shape index (κ1) is 22.8. The average molecular weight is 460 g/mol. The van der Waals surface area contributed by atoms with Crippen LogP contribution in [-0.4, -0.2) is 43.9 Å². The highest BCUT2D eigenvalue weighted by molar-refractivity contribution is 14.0. The Morgan fingerprint density at radius 3 is 2.42 bits per heavy atom. The van der Waals surface area contributed by atoms with Crippen molar-refractivity contribution in [3.8, 4) is 5.75 Å². The molecule has 0 amide bonds. The third-order valence-corrected chi connectivity index (χ3v) is 3.02. The Hall–Kier alpha value is -1.23. The molecule has 0 aromatic heterocycles. The summed E-state index contributed by atoms with van der Waals surface area (Å²) in [5, 5.41) is 2.82. The number of anilines is 1. The van der Waals surface area contributed by atoms with Gasteiger partial charge in [0.15, 0.2) is 5.96 Å².